The lowest BCUT2D eigenvalue weighted by molar-refractivity contribution is 0.102. The molecule has 1 amide bonds. The van der Waals surface area contributed by atoms with E-state index in [1.54, 1.807) is 18.3 Å². The van der Waals surface area contributed by atoms with Gasteiger partial charge >= 0.3 is 0 Å². The van der Waals surface area contributed by atoms with Crippen molar-refractivity contribution < 1.29 is 20.1 Å². The molecule has 0 saturated carbocycles. The molecule has 1 heterocycles. The molecule has 0 aliphatic carbocycles. The standard InChI is InChI=1S/C12H10N2O4/c15-9-4-7(5-10(16)11(9)17)12(18)14-8-2-1-3-13-6-8/h1-6,15-17H,(H,14,18). The molecule has 0 fully saturated rings. The predicted octanol–water partition coefficient (Wildman–Crippen LogP) is 1.45. The van der Waals surface area contributed by atoms with E-state index >= 15 is 0 Å². The molecule has 6 nitrogen and oxygen atoms in total. The fourth-order valence-electron chi connectivity index (χ4n) is 1.38. The van der Waals surface area contributed by atoms with Crippen molar-refractivity contribution in [1.29, 1.82) is 0 Å². The van der Waals surface area contributed by atoms with Gasteiger partial charge in [-0.05, 0) is 24.3 Å². The van der Waals surface area contributed by atoms with Crippen LogP contribution in [-0.2, 0) is 0 Å². The van der Waals surface area contributed by atoms with Gasteiger partial charge in [0.25, 0.3) is 5.91 Å². The molecule has 1 aromatic heterocycles. The highest BCUT2D eigenvalue weighted by atomic mass is 16.3. The second-order valence-electron chi connectivity index (χ2n) is 3.56. The molecule has 18 heavy (non-hydrogen) atoms. The van der Waals surface area contributed by atoms with E-state index in [4.69, 9.17) is 5.11 Å². The Hall–Kier alpha value is -2.76. The van der Waals surface area contributed by atoms with Gasteiger partial charge < -0.3 is 20.6 Å². The first-order chi connectivity index (χ1) is 8.58. The zero-order chi connectivity index (χ0) is 13.1. The second kappa shape index (κ2) is 4.62. The van der Waals surface area contributed by atoms with Crippen LogP contribution >= 0.6 is 0 Å². The number of anilines is 1. The maximum Gasteiger partial charge on any atom is 0.255 e. The van der Waals surface area contributed by atoms with E-state index in [9.17, 15) is 15.0 Å². The van der Waals surface area contributed by atoms with E-state index in [-0.39, 0.29) is 5.56 Å². The first-order valence-electron chi connectivity index (χ1n) is 5.04. The zero-order valence-corrected chi connectivity index (χ0v) is 9.16. The smallest absolute Gasteiger partial charge is 0.255 e. The summed E-state index contributed by atoms with van der Waals surface area (Å²) in [6.45, 7) is 0. The molecule has 0 bridgehead atoms. The third kappa shape index (κ3) is 2.32. The maximum atomic E-state index is 11.8. The lowest BCUT2D eigenvalue weighted by Crippen LogP contribution is -2.11. The average Bonchev–Trinajstić information content (AvgIpc) is 2.36. The summed E-state index contributed by atoms with van der Waals surface area (Å²) in [6.07, 6.45) is 3.02. The number of phenols is 3. The van der Waals surface area contributed by atoms with Gasteiger partial charge in [-0.3, -0.25) is 9.78 Å². The number of nitrogens with zero attached hydrogens (tertiary/aromatic N) is 1. The number of rotatable bonds is 2. The maximum absolute atomic E-state index is 11.8. The van der Waals surface area contributed by atoms with Gasteiger partial charge in [-0.1, -0.05) is 0 Å². The van der Waals surface area contributed by atoms with Crippen molar-refractivity contribution in [1.82, 2.24) is 4.98 Å². The molecule has 0 aliphatic heterocycles. The summed E-state index contributed by atoms with van der Waals surface area (Å²) in [5.41, 5.74) is 0.501. The van der Waals surface area contributed by atoms with E-state index in [0.717, 1.165) is 12.1 Å². The van der Waals surface area contributed by atoms with Crippen molar-refractivity contribution in [3.05, 3.63) is 42.2 Å². The third-order valence-corrected chi connectivity index (χ3v) is 2.25. The number of benzene rings is 1. The van der Waals surface area contributed by atoms with Crippen LogP contribution in [0.25, 0.3) is 0 Å². The van der Waals surface area contributed by atoms with Crippen molar-refractivity contribution in [3.8, 4) is 17.2 Å². The Morgan fingerprint density at radius 2 is 1.83 bits per heavy atom. The average molecular weight is 246 g/mol. The molecule has 0 saturated heterocycles. The monoisotopic (exact) mass is 246 g/mol. The Morgan fingerprint density at radius 1 is 1.17 bits per heavy atom. The number of amides is 1. The van der Waals surface area contributed by atoms with Crippen molar-refractivity contribution in [3.63, 3.8) is 0 Å². The third-order valence-electron chi connectivity index (χ3n) is 2.25. The van der Waals surface area contributed by atoms with E-state index in [1.807, 2.05) is 0 Å². The highest BCUT2D eigenvalue weighted by molar-refractivity contribution is 6.04. The first kappa shape index (κ1) is 11.7. The fraction of sp³-hybridized carbons (Fsp3) is 0. The summed E-state index contributed by atoms with van der Waals surface area (Å²) < 4.78 is 0. The van der Waals surface area contributed by atoms with Gasteiger partial charge in [0.15, 0.2) is 17.2 Å². The summed E-state index contributed by atoms with van der Waals surface area (Å²) in [5, 5.41) is 30.3. The Morgan fingerprint density at radius 3 is 2.39 bits per heavy atom. The number of carbonyl (C=O) groups excluding carboxylic acids is 1. The zero-order valence-electron chi connectivity index (χ0n) is 9.16. The summed E-state index contributed by atoms with van der Waals surface area (Å²) in [6, 6.07) is 5.41. The summed E-state index contributed by atoms with van der Waals surface area (Å²) in [7, 11) is 0. The quantitative estimate of drug-likeness (QED) is 0.600. The highest BCUT2D eigenvalue weighted by Gasteiger charge is 2.13. The molecule has 4 N–H and O–H groups in total. The van der Waals surface area contributed by atoms with Gasteiger partial charge in [0, 0.05) is 11.8 Å². The van der Waals surface area contributed by atoms with Crippen LogP contribution in [0.5, 0.6) is 17.2 Å². The van der Waals surface area contributed by atoms with Crippen LogP contribution in [0.2, 0.25) is 0 Å². The molecular weight excluding hydrogens is 236 g/mol. The largest absolute Gasteiger partial charge is 0.504 e. The lowest BCUT2D eigenvalue weighted by Gasteiger charge is -2.07. The number of aromatic hydroxyl groups is 3. The van der Waals surface area contributed by atoms with Crippen molar-refractivity contribution >= 4 is 11.6 Å². The van der Waals surface area contributed by atoms with Crippen molar-refractivity contribution in [2.75, 3.05) is 5.32 Å². The van der Waals surface area contributed by atoms with Crippen LogP contribution in [0, 0.1) is 0 Å². The Balaban J connectivity index is 2.25. The van der Waals surface area contributed by atoms with Gasteiger partial charge in [-0.25, -0.2) is 0 Å². The topological polar surface area (TPSA) is 103 Å². The number of hydrogen-bond donors (Lipinski definition) is 4. The molecule has 0 unspecified atom stereocenters. The Kier molecular flexibility index (Phi) is 3.01. The van der Waals surface area contributed by atoms with Gasteiger partial charge in [-0.15, -0.1) is 0 Å². The minimum Gasteiger partial charge on any atom is -0.504 e. The molecule has 1 aromatic carbocycles. The molecule has 0 aliphatic rings. The second-order valence-corrected chi connectivity index (χ2v) is 3.56. The summed E-state index contributed by atoms with van der Waals surface area (Å²) in [4.78, 5) is 15.6. The first-order valence-corrected chi connectivity index (χ1v) is 5.04. The van der Waals surface area contributed by atoms with Crippen LogP contribution in [0.1, 0.15) is 10.4 Å². The highest BCUT2D eigenvalue weighted by Crippen LogP contribution is 2.35. The Labute approximate surface area is 102 Å². The normalized spacial score (nSPS) is 10.0. The van der Waals surface area contributed by atoms with Gasteiger partial charge in [-0.2, -0.15) is 0 Å². The lowest BCUT2D eigenvalue weighted by atomic mass is 10.1. The van der Waals surface area contributed by atoms with Crippen molar-refractivity contribution in [2.45, 2.75) is 0 Å². The van der Waals surface area contributed by atoms with Crippen molar-refractivity contribution in [2.24, 2.45) is 0 Å². The SMILES string of the molecule is O=C(Nc1cccnc1)c1cc(O)c(O)c(O)c1. The molecule has 0 atom stereocenters. The van der Waals surface area contributed by atoms with Crippen LogP contribution in [0.4, 0.5) is 5.69 Å². The number of hydrogen-bond acceptors (Lipinski definition) is 5. The number of aromatic nitrogens is 1. The number of carbonyl (C=O) groups is 1. The van der Waals surface area contributed by atoms with Crippen LogP contribution in [-0.4, -0.2) is 26.2 Å². The summed E-state index contributed by atoms with van der Waals surface area (Å²) >= 11 is 0. The van der Waals surface area contributed by atoms with E-state index in [0.29, 0.717) is 5.69 Å². The number of nitrogens with one attached hydrogen (secondary N) is 1. The molecule has 0 spiro atoms. The summed E-state index contributed by atoms with van der Waals surface area (Å²) in [5.74, 6) is -2.32. The van der Waals surface area contributed by atoms with E-state index in [1.165, 1.54) is 6.20 Å². The van der Waals surface area contributed by atoms with Crippen LogP contribution in [0.3, 0.4) is 0 Å². The number of phenolic OH excluding ortho intramolecular Hbond substituents is 3. The van der Waals surface area contributed by atoms with E-state index < -0.39 is 23.2 Å². The molecule has 0 radical (unpaired) electrons. The predicted molar refractivity (Wildman–Crippen MR) is 63.6 cm³/mol. The minimum atomic E-state index is -0.659. The molecule has 2 aromatic rings. The van der Waals surface area contributed by atoms with Gasteiger partial charge in [0.2, 0.25) is 0 Å². The molecule has 2 rings (SSSR count). The fourth-order valence-corrected chi connectivity index (χ4v) is 1.38. The minimum absolute atomic E-state index is 0.0200. The Bertz CT molecular complexity index is 561. The number of pyridine rings is 1. The molecule has 92 valence electrons. The van der Waals surface area contributed by atoms with Crippen LogP contribution in [0.15, 0.2) is 36.7 Å². The van der Waals surface area contributed by atoms with Gasteiger partial charge in [0.05, 0.1) is 11.9 Å². The van der Waals surface area contributed by atoms with Crippen LogP contribution < -0.4 is 5.32 Å². The molecular formula is C12H10N2O4. The van der Waals surface area contributed by atoms with E-state index in [2.05, 4.69) is 10.3 Å². The van der Waals surface area contributed by atoms with Gasteiger partial charge in [0.1, 0.15) is 0 Å². The molecule has 6 heteroatoms.